The second-order valence-electron chi connectivity index (χ2n) is 1.04. The predicted octanol–water partition coefficient (Wildman–Crippen LogP) is -0.345. The average Bonchev–Trinajstić information content (AvgIpc) is 1.68. The predicted molar refractivity (Wildman–Crippen MR) is 30.1 cm³/mol. The molecular formula is C4H9N3. The standard InChI is InChI=1S/C4H9N3/c1-7-4(6)2-3-5/h2-3,5,7H,6H2,1H3/b4-2-,5-3?. The van der Waals surface area contributed by atoms with E-state index in [1.165, 1.54) is 6.08 Å². The van der Waals surface area contributed by atoms with Crippen LogP contribution >= 0.6 is 0 Å². The molecule has 0 aliphatic heterocycles. The summed E-state index contributed by atoms with van der Waals surface area (Å²) in [6.45, 7) is 0. The van der Waals surface area contributed by atoms with Gasteiger partial charge in [-0.2, -0.15) is 0 Å². The Hall–Kier alpha value is -0.990. The van der Waals surface area contributed by atoms with Crippen LogP contribution in [0.5, 0.6) is 0 Å². The summed E-state index contributed by atoms with van der Waals surface area (Å²) in [6, 6.07) is 0. The van der Waals surface area contributed by atoms with Crippen molar-refractivity contribution in [2.75, 3.05) is 7.05 Å². The molecule has 0 heterocycles. The highest BCUT2D eigenvalue weighted by atomic mass is 14.9. The van der Waals surface area contributed by atoms with Gasteiger partial charge in [0.05, 0.1) is 5.82 Å². The molecule has 0 atom stereocenters. The molecule has 0 unspecified atom stereocenters. The summed E-state index contributed by atoms with van der Waals surface area (Å²) in [6.07, 6.45) is 2.60. The van der Waals surface area contributed by atoms with Gasteiger partial charge >= 0.3 is 0 Å². The van der Waals surface area contributed by atoms with Gasteiger partial charge < -0.3 is 16.5 Å². The highest BCUT2D eigenvalue weighted by Gasteiger charge is 1.72. The molecule has 0 amide bonds. The topological polar surface area (TPSA) is 61.9 Å². The molecule has 0 aliphatic rings. The molecule has 0 aromatic heterocycles. The van der Waals surface area contributed by atoms with E-state index in [2.05, 4.69) is 5.32 Å². The minimum Gasteiger partial charge on any atom is -0.386 e. The maximum absolute atomic E-state index is 6.52. The van der Waals surface area contributed by atoms with Crippen LogP contribution in [-0.4, -0.2) is 13.3 Å². The first-order chi connectivity index (χ1) is 3.31. The van der Waals surface area contributed by atoms with E-state index >= 15 is 0 Å². The van der Waals surface area contributed by atoms with E-state index in [0.717, 1.165) is 6.21 Å². The number of nitrogens with one attached hydrogen (secondary N) is 2. The molecule has 3 nitrogen and oxygen atoms in total. The summed E-state index contributed by atoms with van der Waals surface area (Å²) in [5.74, 6) is 0.509. The van der Waals surface area contributed by atoms with Crippen LogP contribution in [0.15, 0.2) is 11.9 Å². The van der Waals surface area contributed by atoms with Crippen molar-refractivity contribution in [1.82, 2.24) is 5.32 Å². The fourth-order valence-corrected chi connectivity index (χ4v) is 0.173. The summed E-state index contributed by atoms with van der Waals surface area (Å²) >= 11 is 0. The Morgan fingerprint density at radius 1 is 1.86 bits per heavy atom. The zero-order valence-electron chi connectivity index (χ0n) is 4.23. The van der Waals surface area contributed by atoms with Crippen LogP contribution in [0.25, 0.3) is 0 Å². The van der Waals surface area contributed by atoms with Gasteiger partial charge in [0.25, 0.3) is 0 Å². The van der Waals surface area contributed by atoms with Crippen LogP contribution in [0.2, 0.25) is 0 Å². The third-order valence-electron chi connectivity index (χ3n) is 0.552. The van der Waals surface area contributed by atoms with E-state index in [1.54, 1.807) is 7.05 Å². The van der Waals surface area contributed by atoms with E-state index in [9.17, 15) is 0 Å². The summed E-state index contributed by atoms with van der Waals surface area (Å²) in [7, 11) is 1.70. The lowest BCUT2D eigenvalue weighted by Gasteiger charge is -1.92. The van der Waals surface area contributed by atoms with Gasteiger partial charge in [0, 0.05) is 13.3 Å². The SMILES string of the molecule is CN/C(N)=C\C=N. The largest absolute Gasteiger partial charge is 0.386 e. The van der Waals surface area contributed by atoms with Crippen molar-refractivity contribution in [3.63, 3.8) is 0 Å². The Morgan fingerprint density at radius 2 is 2.43 bits per heavy atom. The van der Waals surface area contributed by atoms with Gasteiger partial charge in [0.15, 0.2) is 0 Å². The molecule has 3 heteroatoms. The molecule has 0 saturated heterocycles. The molecule has 0 fully saturated rings. The smallest absolute Gasteiger partial charge is 0.0972 e. The molecule has 0 aromatic rings. The number of allylic oxidation sites excluding steroid dienone is 1. The Balaban J connectivity index is 3.49. The van der Waals surface area contributed by atoms with Gasteiger partial charge in [0.1, 0.15) is 0 Å². The highest BCUT2D eigenvalue weighted by Crippen LogP contribution is 1.65. The van der Waals surface area contributed by atoms with E-state index < -0.39 is 0 Å². The van der Waals surface area contributed by atoms with Crippen molar-refractivity contribution < 1.29 is 0 Å². The zero-order valence-corrected chi connectivity index (χ0v) is 4.23. The molecule has 0 spiro atoms. The van der Waals surface area contributed by atoms with E-state index in [-0.39, 0.29) is 0 Å². The third kappa shape index (κ3) is 2.82. The van der Waals surface area contributed by atoms with Crippen LogP contribution in [0.3, 0.4) is 0 Å². The minimum atomic E-state index is 0.509. The Kier molecular flexibility index (Phi) is 2.76. The molecule has 7 heavy (non-hydrogen) atoms. The van der Waals surface area contributed by atoms with Crippen LogP contribution in [0, 0.1) is 5.41 Å². The Labute approximate surface area is 42.7 Å². The minimum absolute atomic E-state index is 0.509. The molecule has 0 radical (unpaired) electrons. The first-order valence-electron chi connectivity index (χ1n) is 1.95. The summed E-state index contributed by atoms with van der Waals surface area (Å²) < 4.78 is 0. The van der Waals surface area contributed by atoms with Crippen molar-refractivity contribution in [2.24, 2.45) is 5.73 Å². The summed E-state index contributed by atoms with van der Waals surface area (Å²) in [4.78, 5) is 0. The van der Waals surface area contributed by atoms with E-state index in [0.29, 0.717) is 5.82 Å². The second kappa shape index (κ2) is 3.21. The fraction of sp³-hybridized carbons (Fsp3) is 0.250. The quantitative estimate of drug-likeness (QED) is 0.414. The zero-order chi connectivity index (χ0) is 5.70. The molecule has 0 aliphatic carbocycles. The molecular weight excluding hydrogens is 90.1 g/mol. The lowest BCUT2D eigenvalue weighted by Crippen LogP contribution is -2.14. The third-order valence-corrected chi connectivity index (χ3v) is 0.552. The molecule has 4 N–H and O–H groups in total. The van der Waals surface area contributed by atoms with Crippen LogP contribution in [0.4, 0.5) is 0 Å². The van der Waals surface area contributed by atoms with Gasteiger partial charge in [-0.3, -0.25) is 0 Å². The van der Waals surface area contributed by atoms with Gasteiger partial charge in [0.2, 0.25) is 0 Å². The summed E-state index contributed by atoms with van der Waals surface area (Å²) in [5, 5.41) is 9.17. The molecule has 40 valence electrons. The van der Waals surface area contributed by atoms with E-state index in [4.69, 9.17) is 11.1 Å². The second-order valence-corrected chi connectivity index (χ2v) is 1.04. The maximum atomic E-state index is 6.52. The van der Waals surface area contributed by atoms with Gasteiger partial charge in [-0.1, -0.05) is 0 Å². The van der Waals surface area contributed by atoms with Crippen molar-refractivity contribution in [3.05, 3.63) is 11.9 Å². The lowest BCUT2D eigenvalue weighted by atomic mass is 10.6. The number of rotatable bonds is 2. The van der Waals surface area contributed by atoms with Gasteiger partial charge in [-0.25, -0.2) is 0 Å². The first-order valence-corrected chi connectivity index (χ1v) is 1.95. The van der Waals surface area contributed by atoms with Gasteiger partial charge in [-0.15, -0.1) is 0 Å². The molecule has 0 bridgehead atoms. The number of hydrogen-bond acceptors (Lipinski definition) is 3. The van der Waals surface area contributed by atoms with Crippen molar-refractivity contribution in [3.8, 4) is 0 Å². The van der Waals surface area contributed by atoms with Crippen molar-refractivity contribution >= 4 is 6.21 Å². The normalized spacial score (nSPS) is 10.7. The lowest BCUT2D eigenvalue weighted by molar-refractivity contribution is 0.969. The molecule has 0 aromatic carbocycles. The van der Waals surface area contributed by atoms with E-state index in [1.807, 2.05) is 0 Å². The molecule has 0 rings (SSSR count). The monoisotopic (exact) mass is 99.1 g/mol. The highest BCUT2D eigenvalue weighted by molar-refractivity contribution is 5.68. The number of nitrogens with two attached hydrogens (primary N) is 1. The summed E-state index contributed by atoms with van der Waals surface area (Å²) in [5.41, 5.74) is 5.18. The van der Waals surface area contributed by atoms with Crippen LogP contribution in [-0.2, 0) is 0 Å². The average molecular weight is 99.1 g/mol. The van der Waals surface area contributed by atoms with Crippen molar-refractivity contribution in [1.29, 1.82) is 5.41 Å². The fourth-order valence-electron chi connectivity index (χ4n) is 0.173. The van der Waals surface area contributed by atoms with Crippen LogP contribution < -0.4 is 11.1 Å². The van der Waals surface area contributed by atoms with Crippen molar-refractivity contribution in [2.45, 2.75) is 0 Å². The maximum Gasteiger partial charge on any atom is 0.0972 e. The number of hydrogen-bond donors (Lipinski definition) is 3. The Morgan fingerprint density at radius 3 is 2.57 bits per heavy atom. The van der Waals surface area contributed by atoms with Gasteiger partial charge in [-0.05, 0) is 6.08 Å². The Bertz CT molecular complexity index is 84.9. The first kappa shape index (κ1) is 6.01. The van der Waals surface area contributed by atoms with Crippen LogP contribution in [0.1, 0.15) is 0 Å². The molecule has 0 saturated carbocycles.